The third kappa shape index (κ3) is 4.88. The highest BCUT2D eigenvalue weighted by Crippen LogP contribution is 2.26. The van der Waals surface area contributed by atoms with Crippen molar-refractivity contribution in [2.24, 2.45) is 4.40 Å². The summed E-state index contributed by atoms with van der Waals surface area (Å²) < 4.78 is 28.3. The number of likely N-dealkylation sites (N-methyl/N-ethyl adjacent to an activating group) is 1. The third-order valence-corrected chi connectivity index (χ3v) is 6.56. The molecule has 1 aliphatic heterocycles. The molecule has 160 valence electrons. The Morgan fingerprint density at radius 3 is 2.33 bits per heavy atom. The van der Waals surface area contributed by atoms with E-state index >= 15 is 0 Å². The second kappa shape index (κ2) is 9.40. The number of rotatable bonds is 8. The van der Waals surface area contributed by atoms with E-state index in [2.05, 4.69) is 34.5 Å². The van der Waals surface area contributed by atoms with Crippen LogP contribution < -0.4 is 5.32 Å². The second-order valence-corrected chi connectivity index (χ2v) is 8.82. The minimum atomic E-state index is -3.70. The average Bonchev–Trinajstić information content (AvgIpc) is 3.02. The molecule has 1 heterocycles. The summed E-state index contributed by atoms with van der Waals surface area (Å²) in [6.07, 6.45) is 0. The molecular weight excluding hydrogens is 400 g/mol. The summed E-state index contributed by atoms with van der Waals surface area (Å²) in [4.78, 5) is 16.6. The van der Waals surface area contributed by atoms with Gasteiger partial charge in [-0.05, 0) is 36.3 Å². The molecule has 1 aliphatic rings. The van der Waals surface area contributed by atoms with Crippen molar-refractivity contribution in [1.82, 2.24) is 15.1 Å². The Morgan fingerprint density at radius 1 is 1.00 bits per heavy atom. The first kappa shape index (κ1) is 22.0. The largest absolute Gasteiger partial charge is 0.350 e. The second-order valence-electron chi connectivity index (χ2n) is 7.25. The van der Waals surface area contributed by atoms with Crippen LogP contribution in [-0.4, -0.2) is 56.6 Å². The van der Waals surface area contributed by atoms with Gasteiger partial charge in [0.15, 0.2) is 5.84 Å². The third-order valence-electron chi connectivity index (χ3n) is 5.24. The number of hydrogen-bond acceptors (Lipinski definition) is 5. The molecule has 0 saturated carbocycles. The molecule has 0 fully saturated rings. The normalized spacial score (nSPS) is 14.3. The average molecular weight is 429 g/mol. The molecule has 0 bridgehead atoms. The van der Waals surface area contributed by atoms with E-state index in [1.54, 1.807) is 30.1 Å². The van der Waals surface area contributed by atoms with E-state index in [0.29, 0.717) is 17.9 Å². The Labute approximate surface area is 178 Å². The summed E-state index contributed by atoms with van der Waals surface area (Å²) in [6.45, 7) is 7.47. The van der Waals surface area contributed by atoms with E-state index in [1.165, 1.54) is 11.6 Å². The topological polar surface area (TPSA) is 82.1 Å². The molecule has 0 aliphatic carbocycles. The number of carbonyl (C=O) groups is 1. The van der Waals surface area contributed by atoms with Crippen molar-refractivity contribution in [2.45, 2.75) is 31.8 Å². The predicted octanol–water partition coefficient (Wildman–Crippen LogP) is 2.23. The molecule has 0 atom stereocenters. The van der Waals surface area contributed by atoms with Gasteiger partial charge in [-0.15, -0.1) is 4.40 Å². The van der Waals surface area contributed by atoms with Gasteiger partial charge in [-0.1, -0.05) is 50.2 Å². The van der Waals surface area contributed by atoms with Crippen LogP contribution in [-0.2, 0) is 27.9 Å². The molecule has 2 aromatic carbocycles. The molecule has 1 N–H and O–H groups in total. The van der Waals surface area contributed by atoms with Crippen molar-refractivity contribution < 1.29 is 13.2 Å². The number of sulfonamides is 1. The highest BCUT2D eigenvalue weighted by atomic mass is 32.2. The molecule has 30 heavy (non-hydrogen) atoms. The minimum Gasteiger partial charge on any atom is -0.350 e. The van der Waals surface area contributed by atoms with Crippen LogP contribution >= 0.6 is 0 Å². The molecular formula is C22H28N4O3S. The lowest BCUT2D eigenvalue weighted by atomic mass is 10.1. The quantitative estimate of drug-likeness (QED) is 0.697. The number of hydrogen-bond donors (Lipinski definition) is 1. The predicted molar refractivity (Wildman–Crippen MR) is 118 cm³/mol. The Bertz CT molecular complexity index is 1050. The Hall–Kier alpha value is -2.71. The van der Waals surface area contributed by atoms with Crippen molar-refractivity contribution in [1.29, 1.82) is 0 Å². The number of carbonyl (C=O) groups excluding carboxylic acids is 1. The Kier molecular flexibility index (Phi) is 6.89. The van der Waals surface area contributed by atoms with Crippen LogP contribution in [0, 0.1) is 0 Å². The van der Waals surface area contributed by atoms with E-state index in [1.807, 2.05) is 18.2 Å². The fraction of sp³-hybridized carbons (Fsp3) is 0.364. The summed E-state index contributed by atoms with van der Waals surface area (Å²) in [5.74, 6) is 0.0994. The maximum Gasteiger partial charge on any atom is 0.285 e. The van der Waals surface area contributed by atoms with Crippen molar-refractivity contribution in [2.75, 3.05) is 26.7 Å². The number of fused-ring (bicyclic) bond motifs is 1. The van der Waals surface area contributed by atoms with Gasteiger partial charge in [0.2, 0.25) is 5.91 Å². The Morgan fingerprint density at radius 2 is 1.63 bits per heavy atom. The van der Waals surface area contributed by atoms with Gasteiger partial charge in [0.25, 0.3) is 10.0 Å². The van der Waals surface area contributed by atoms with Gasteiger partial charge in [0, 0.05) is 25.7 Å². The lowest BCUT2D eigenvalue weighted by Gasteiger charge is -2.21. The van der Waals surface area contributed by atoms with Crippen LogP contribution in [0.3, 0.4) is 0 Å². The van der Waals surface area contributed by atoms with Crippen molar-refractivity contribution in [3.63, 3.8) is 0 Å². The summed E-state index contributed by atoms with van der Waals surface area (Å²) in [5.41, 5.74) is 2.79. The maximum absolute atomic E-state index is 12.5. The number of benzene rings is 2. The fourth-order valence-electron chi connectivity index (χ4n) is 3.48. The van der Waals surface area contributed by atoms with Gasteiger partial charge in [0.1, 0.15) is 4.90 Å². The van der Waals surface area contributed by atoms with Gasteiger partial charge in [-0.25, -0.2) is 0 Å². The first-order valence-corrected chi connectivity index (χ1v) is 11.5. The molecule has 0 aromatic heterocycles. The first-order valence-electron chi connectivity index (χ1n) is 10.1. The van der Waals surface area contributed by atoms with E-state index in [4.69, 9.17) is 0 Å². The molecule has 8 heteroatoms. The highest BCUT2D eigenvalue weighted by molar-refractivity contribution is 7.90. The summed E-state index contributed by atoms with van der Waals surface area (Å²) in [7, 11) is -2.03. The Balaban J connectivity index is 1.64. The maximum atomic E-state index is 12.5. The molecule has 0 saturated heterocycles. The highest BCUT2D eigenvalue weighted by Gasteiger charge is 2.30. The number of amidine groups is 1. The lowest BCUT2D eigenvalue weighted by Crippen LogP contribution is -2.38. The van der Waals surface area contributed by atoms with E-state index < -0.39 is 10.0 Å². The standard InChI is InChI=1S/C22H28N4O3S/c1-4-26(5-2)15-18-11-7-6-10-17(18)14-23-21(27)16-25(3)22-19-12-8-9-13-20(19)30(28,29)24-22/h6-13H,4-5,14-16H2,1-3H3,(H,23,27). The zero-order valence-electron chi connectivity index (χ0n) is 17.6. The molecule has 3 rings (SSSR count). The van der Waals surface area contributed by atoms with Gasteiger partial charge in [-0.2, -0.15) is 8.42 Å². The van der Waals surface area contributed by atoms with Crippen LogP contribution in [0.1, 0.15) is 30.5 Å². The van der Waals surface area contributed by atoms with Crippen LogP contribution in [0.15, 0.2) is 57.8 Å². The van der Waals surface area contributed by atoms with E-state index in [9.17, 15) is 13.2 Å². The van der Waals surface area contributed by atoms with Gasteiger partial charge >= 0.3 is 0 Å². The smallest absolute Gasteiger partial charge is 0.285 e. The molecule has 0 radical (unpaired) electrons. The van der Waals surface area contributed by atoms with E-state index in [0.717, 1.165) is 25.2 Å². The molecule has 2 aromatic rings. The van der Waals surface area contributed by atoms with Crippen molar-refractivity contribution in [3.8, 4) is 0 Å². The molecule has 7 nitrogen and oxygen atoms in total. The van der Waals surface area contributed by atoms with Gasteiger partial charge in [0.05, 0.1) is 6.54 Å². The van der Waals surface area contributed by atoms with Crippen LogP contribution in [0.4, 0.5) is 0 Å². The van der Waals surface area contributed by atoms with Crippen molar-refractivity contribution >= 4 is 21.8 Å². The summed E-state index contributed by atoms with van der Waals surface area (Å²) >= 11 is 0. The van der Waals surface area contributed by atoms with Crippen LogP contribution in [0.2, 0.25) is 0 Å². The van der Waals surface area contributed by atoms with Gasteiger partial charge < -0.3 is 10.2 Å². The molecule has 1 amide bonds. The zero-order chi connectivity index (χ0) is 21.7. The van der Waals surface area contributed by atoms with Crippen LogP contribution in [0.5, 0.6) is 0 Å². The minimum absolute atomic E-state index is 0.0148. The van der Waals surface area contributed by atoms with Crippen LogP contribution in [0.25, 0.3) is 0 Å². The monoisotopic (exact) mass is 428 g/mol. The SMILES string of the molecule is CCN(CC)Cc1ccccc1CNC(=O)CN(C)C1=NS(=O)(=O)c2ccccc21. The number of nitrogens with zero attached hydrogens (tertiary/aromatic N) is 3. The van der Waals surface area contributed by atoms with Crippen molar-refractivity contribution in [3.05, 3.63) is 65.2 Å². The number of amides is 1. The fourth-order valence-corrected chi connectivity index (χ4v) is 4.73. The van der Waals surface area contributed by atoms with E-state index in [-0.39, 0.29) is 17.3 Å². The number of nitrogens with one attached hydrogen (secondary N) is 1. The summed E-state index contributed by atoms with van der Waals surface area (Å²) in [5, 5.41) is 2.94. The van der Waals surface area contributed by atoms with Gasteiger partial charge in [-0.3, -0.25) is 9.69 Å². The first-order chi connectivity index (χ1) is 14.4. The summed E-state index contributed by atoms with van der Waals surface area (Å²) in [6, 6.07) is 14.7. The lowest BCUT2D eigenvalue weighted by molar-refractivity contribution is -0.121. The zero-order valence-corrected chi connectivity index (χ0v) is 18.4. The molecule has 0 unspecified atom stereocenters. The molecule has 0 spiro atoms.